The maximum absolute atomic E-state index is 11.8. The normalized spacial score (nSPS) is 22.1. The van der Waals surface area contributed by atoms with Crippen LogP contribution in [0.4, 0.5) is 5.82 Å². The zero-order valence-electron chi connectivity index (χ0n) is 27.2. The fourth-order valence-electron chi connectivity index (χ4n) is 4.45. The second kappa shape index (κ2) is 19.1. The van der Waals surface area contributed by atoms with Crippen LogP contribution in [0.3, 0.4) is 0 Å². The number of hydrogen-bond donors (Lipinski definition) is 6. The van der Waals surface area contributed by atoms with Gasteiger partial charge >= 0.3 is 7.82 Å². The molecule has 270 valence electrons. The third kappa shape index (κ3) is 13.7. The second-order valence-electron chi connectivity index (χ2n) is 10.1. The summed E-state index contributed by atoms with van der Waals surface area (Å²) in [7, 11) is -17.5. The maximum Gasteiger partial charge on any atom is 0.476 e. The van der Waals surface area contributed by atoms with Crippen LogP contribution < -0.4 is 25.3 Å². The summed E-state index contributed by atoms with van der Waals surface area (Å²) in [5.41, 5.74) is 3.89. The van der Waals surface area contributed by atoms with E-state index in [0.717, 1.165) is 0 Å². The molecule has 0 saturated carbocycles. The number of quaternary nitrogens is 2. The number of halogens is 1. The van der Waals surface area contributed by atoms with Gasteiger partial charge in [-0.15, -0.1) is 6.42 Å². The van der Waals surface area contributed by atoms with E-state index in [-0.39, 0.29) is 23.2 Å². The molecule has 0 bridgehead atoms. The fourth-order valence-corrected chi connectivity index (χ4v) is 7.57. The summed E-state index contributed by atoms with van der Waals surface area (Å²) in [6.07, 6.45) is 4.16. The highest BCUT2D eigenvalue weighted by atomic mass is 35.5. The largest absolute Gasteiger partial charge is 0.756 e. The number of nitrogens with two attached hydrogens (primary N) is 1. The Labute approximate surface area is 279 Å². The molecule has 3 rings (SSSR count). The number of phosphoric ester groups is 1. The number of aliphatic hydroxyl groups excluding tert-OH is 1. The van der Waals surface area contributed by atoms with Gasteiger partial charge in [0.1, 0.15) is 23.8 Å². The molecule has 1 saturated heterocycles. The number of nitrogen functional groups attached to an aromatic ring is 1. The standard InChI is InChI=1S/C13H16ClN4O12P3.2C6H15N/c1-2-13(6-27-32(23,24)30-33(25,26)29-31(20,21)22)8(19)5-9(28-13)18-4-3-7-10(15)16-12(14)17-11(7)18;2*1-4-7(5-2)6-3/h1,3-4,8-9,19H,5-6H2,(H,23,24)(H,25,26)(H2,15,16,17)(H2,20,21,22);2*4-6H2,1-3H3/t8-,9+,13+;;/m0../s1. The topological polar surface area (TPSA) is 261 Å². The molecule has 3 heterocycles. The van der Waals surface area contributed by atoms with Gasteiger partial charge in [-0.25, -0.2) is 18.2 Å². The molecule has 0 aromatic carbocycles. The van der Waals surface area contributed by atoms with Gasteiger partial charge in [0.15, 0.2) is 5.60 Å². The van der Waals surface area contributed by atoms with Crippen molar-refractivity contribution in [2.24, 2.45) is 0 Å². The fraction of sp³-hybridized carbons (Fsp3) is 0.680. The Hall–Kier alpha value is -1.48. The minimum absolute atomic E-state index is 0.0675. The Morgan fingerprint density at radius 3 is 1.98 bits per heavy atom. The number of nitrogens with zero attached hydrogens (tertiary/aromatic N) is 3. The van der Waals surface area contributed by atoms with Crippen LogP contribution >= 0.6 is 35.1 Å². The quantitative estimate of drug-likeness (QED) is 0.0789. The minimum atomic E-state index is -6.04. The van der Waals surface area contributed by atoms with Crippen molar-refractivity contribution in [3.05, 3.63) is 17.5 Å². The van der Waals surface area contributed by atoms with Gasteiger partial charge in [-0.3, -0.25) is 9.13 Å². The lowest BCUT2D eigenvalue weighted by Gasteiger charge is -2.33. The summed E-state index contributed by atoms with van der Waals surface area (Å²) in [4.78, 5) is 51.3. The lowest BCUT2D eigenvalue weighted by molar-refractivity contribution is -0.894. The number of aliphatic hydroxyl groups is 1. The van der Waals surface area contributed by atoms with Gasteiger partial charge in [0.25, 0.3) is 15.6 Å². The average molecular weight is 751 g/mol. The summed E-state index contributed by atoms with van der Waals surface area (Å²) in [6, 6.07) is 1.54. The molecular weight excluding hydrogens is 705 g/mol. The molecule has 1 aliphatic rings. The first-order valence-corrected chi connectivity index (χ1v) is 19.6. The third-order valence-electron chi connectivity index (χ3n) is 7.28. The molecule has 2 aromatic rings. The summed E-state index contributed by atoms with van der Waals surface area (Å²) >= 11 is 5.82. The molecule has 22 heteroatoms. The van der Waals surface area contributed by atoms with Gasteiger partial charge in [0.05, 0.1) is 51.3 Å². The smallest absolute Gasteiger partial charge is 0.476 e. The van der Waals surface area contributed by atoms with Crippen molar-refractivity contribution in [1.82, 2.24) is 14.5 Å². The first kappa shape index (κ1) is 43.5. The molecule has 2 unspecified atom stereocenters. The van der Waals surface area contributed by atoms with Crippen molar-refractivity contribution in [2.75, 3.05) is 51.6 Å². The molecule has 1 aliphatic heterocycles. The number of phosphoric acid groups is 3. The van der Waals surface area contributed by atoms with Gasteiger partial charge in [0.2, 0.25) is 5.28 Å². The Kier molecular flexibility index (Phi) is 17.7. The monoisotopic (exact) mass is 750 g/mol. The SMILES string of the molecule is C#C[C@]1(COP(=O)([O-])OP(=O)([O-])OP(=O)(O)O)O[C@@H](n2ccc3c(N)nc(Cl)nc32)C[C@@H]1O.CC[NH+](CC)CC.CC[NH+](CC)CC. The number of nitrogens with one attached hydrogen (secondary N) is 2. The summed E-state index contributed by atoms with van der Waals surface area (Å²) in [5.74, 6) is 2.12. The number of ether oxygens (including phenoxy) is 1. The number of terminal acetylenes is 1. The van der Waals surface area contributed by atoms with Gasteiger partial charge in [-0.1, -0.05) is 5.92 Å². The molecule has 47 heavy (non-hydrogen) atoms. The number of rotatable bonds is 14. The minimum Gasteiger partial charge on any atom is -0.756 e. The molecule has 5 atom stereocenters. The van der Waals surface area contributed by atoms with Crippen LogP contribution in [-0.2, 0) is 31.6 Å². The molecule has 18 nitrogen and oxygen atoms in total. The van der Waals surface area contributed by atoms with Gasteiger partial charge in [0, 0.05) is 12.6 Å². The molecule has 0 radical (unpaired) electrons. The predicted octanol–water partition coefficient (Wildman–Crippen LogP) is -0.740. The number of anilines is 1. The summed E-state index contributed by atoms with van der Waals surface area (Å²) in [6.45, 7) is 19.8. The van der Waals surface area contributed by atoms with E-state index < -0.39 is 48.0 Å². The van der Waals surface area contributed by atoms with Crippen LogP contribution in [0.1, 0.15) is 54.2 Å². The van der Waals surface area contributed by atoms with Crippen LogP contribution in [-0.4, -0.2) is 87.0 Å². The van der Waals surface area contributed by atoms with Crippen molar-refractivity contribution < 1.29 is 66.1 Å². The predicted molar refractivity (Wildman–Crippen MR) is 170 cm³/mol. The van der Waals surface area contributed by atoms with E-state index in [4.69, 9.17) is 38.3 Å². The van der Waals surface area contributed by atoms with Crippen LogP contribution in [0.25, 0.3) is 11.0 Å². The first-order chi connectivity index (χ1) is 21.8. The van der Waals surface area contributed by atoms with E-state index >= 15 is 0 Å². The molecular formula is C25H46ClN6O12P3. The van der Waals surface area contributed by atoms with E-state index in [2.05, 4.69) is 70.6 Å². The van der Waals surface area contributed by atoms with E-state index in [0.29, 0.717) is 5.39 Å². The van der Waals surface area contributed by atoms with Gasteiger partial charge in [-0.05, 0) is 59.2 Å². The Balaban J connectivity index is 0.000000658. The number of aromatic nitrogens is 3. The highest BCUT2D eigenvalue weighted by Gasteiger charge is 2.49. The molecule has 0 amide bonds. The van der Waals surface area contributed by atoms with E-state index in [1.54, 1.807) is 9.80 Å². The molecule has 7 N–H and O–H groups in total. The number of hydrogen-bond acceptors (Lipinski definition) is 13. The molecule has 2 aromatic heterocycles. The Bertz CT molecular complexity index is 1440. The van der Waals surface area contributed by atoms with Crippen molar-refractivity contribution in [2.45, 2.75) is 65.9 Å². The number of fused-ring (bicyclic) bond motifs is 1. The first-order valence-electron chi connectivity index (χ1n) is 14.8. The van der Waals surface area contributed by atoms with Gasteiger partial charge in [-0.2, -0.15) is 4.98 Å². The van der Waals surface area contributed by atoms with Crippen LogP contribution in [0.5, 0.6) is 0 Å². The molecule has 0 spiro atoms. The molecule has 0 aliphatic carbocycles. The van der Waals surface area contributed by atoms with Crippen molar-refractivity contribution >= 4 is 51.9 Å². The van der Waals surface area contributed by atoms with E-state index in [1.807, 2.05) is 0 Å². The van der Waals surface area contributed by atoms with E-state index in [1.165, 1.54) is 56.1 Å². The lowest BCUT2D eigenvalue weighted by atomic mass is 9.99. The zero-order valence-corrected chi connectivity index (χ0v) is 30.6. The van der Waals surface area contributed by atoms with Crippen LogP contribution in [0, 0.1) is 12.3 Å². The second-order valence-corrected chi connectivity index (χ2v) is 14.8. The van der Waals surface area contributed by atoms with Crippen molar-refractivity contribution in [3.63, 3.8) is 0 Å². The van der Waals surface area contributed by atoms with Gasteiger partial charge < -0.3 is 54.0 Å². The van der Waals surface area contributed by atoms with E-state index in [9.17, 15) is 28.6 Å². The highest BCUT2D eigenvalue weighted by Crippen LogP contribution is 2.62. The van der Waals surface area contributed by atoms with Crippen molar-refractivity contribution in [1.29, 1.82) is 0 Å². The molecule has 1 fully saturated rings. The Morgan fingerprint density at radius 1 is 1.04 bits per heavy atom. The zero-order chi connectivity index (χ0) is 36.2. The summed E-state index contributed by atoms with van der Waals surface area (Å²) in [5, 5.41) is 10.7. The Morgan fingerprint density at radius 2 is 1.55 bits per heavy atom. The van der Waals surface area contributed by atoms with Crippen LogP contribution in [0.15, 0.2) is 12.3 Å². The lowest BCUT2D eigenvalue weighted by Crippen LogP contribution is -3.11. The maximum atomic E-state index is 11.8. The summed E-state index contributed by atoms with van der Waals surface area (Å²) < 4.78 is 52.0. The highest BCUT2D eigenvalue weighted by molar-refractivity contribution is 7.65. The average Bonchev–Trinajstić information content (AvgIpc) is 3.54. The van der Waals surface area contributed by atoms with Crippen LogP contribution in [0.2, 0.25) is 5.28 Å². The van der Waals surface area contributed by atoms with Crippen molar-refractivity contribution in [3.8, 4) is 12.3 Å². The third-order valence-corrected chi connectivity index (χ3v) is 11.1.